The van der Waals surface area contributed by atoms with Crippen molar-refractivity contribution in [1.29, 1.82) is 0 Å². The van der Waals surface area contributed by atoms with Gasteiger partial charge in [-0.2, -0.15) is 0 Å². The van der Waals surface area contributed by atoms with Gasteiger partial charge in [-0.3, -0.25) is 14.4 Å². The van der Waals surface area contributed by atoms with Crippen LogP contribution in [0.15, 0.2) is 308 Å². The second-order valence-electron chi connectivity index (χ2n) is 19.8. The van der Waals surface area contributed by atoms with Crippen molar-refractivity contribution >= 4 is 72.0 Å². The van der Waals surface area contributed by atoms with Crippen molar-refractivity contribution in [3.8, 4) is 0 Å². The van der Waals surface area contributed by atoms with Gasteiger partial charge in [0.05, 0.1) is 0 Å². The van der Waals surface area contributed by atoms with Gasteiger partial charge in [0.15, 0.2) is 17.3 Å². The molecule has 9 aromatic rings. The summed E-state index contributed by atoms with van der Waals surface area (Å²) in [6, 6.07) is 84.6. The maximum absolute atomic E-state index is 13.1. The fourth-order valence-corrected chi connectivity index (χ4v) is 10.2. The van der Waals surface area contributed by atoms with Crippen LogP contribution >= 0.6 is 0 Å². The van der Waals surface area contributed by atoms with Gasteiger partial charge in [-0.1, -0.05) is 309 Å². The fourth-order valence-electron chi connectivity index (χ4n) is 10.2. The second kappa shape index (κ2) is 30.7. The zero-order valence-corrected chi connectivity index (χ0v) is 48.6. The zero-order valence-electron chi connectivity index (χ0n) is 45.5. The second-order valence-corrected chi connectivity index (χ2v) is 19.8. The number of carbonyl (C=O) groups is 3. The first kappa shape index (κ1) is 60.1. The molecule has 3 nitrogen and oxygen atoms in total. The summed E-state index contributed by atoms with van der Waals surface area (Å²) in [6.45, 7) is 0. The molecule has 0 saturated heterocycles. The predicted molar refractivity (Wildman–Crippen MR) is 339 cm³/mol. The van der Waals surface area contributed by atoms with Crippen LogP contribution < -0.4 is 0 Å². The molecule has 83 heavy (non-hydrogen) atoms. The first-order chi connectivity index (χ1) is 39.9. The minimum Gasteiger partial charge on any atom is -0.290 e. The molecule has 0 radical (unpaired) electrons. The van der Waals surface area contributed by atoms with Crippen LogP contribution in [0, 0.1) is 0 Å². The van der Waals surface area contributed by atoms with Gasteiger partial charge < -0.3 is 0 Å². The van der Waals surface area contributed by atoms with E-state index in [1.54, 1.807) is 18.2 Å². The summed E-state index contributed by atoms with van der Waals surface area (Å²) in [5.74, 6) is 0.0511. The van der Waals surface area contributed by atoms with Crippen molar-refractivity contribution in [3.05, 3.63) is 375 Å². The smallest absolute Gasteiger partial charge is 0.182 e. The predicted octanol–water partition coefficient (Wildman–Crippen LogP) is 18.5. The number of fused-ring (bicyclic) bond motifs is 3. The molecule has 0 amide bonds. The largest absolute Gasteiger partial charge is 0.290 e. The molecule has 0 N–H and O–H groups in total. The Kier molecular flexibility index (Phi) is 22.2. The van der Waals surface area contributed by atoms with E-state index in [1.807, 2.05) is 255 Å². The Balaban J connectivity index is 0.000000161. The van der Waals surface area contributed by atoms with Crippen LogP contribution in [-0.2, 0) is 55.2 Å². The SMILES string of the molecule is O=C(C=Cc1ccccc1)C(=Cc1ccccc1)C1C=Cc2ccccc21.O=C(C=Cc1ccccc1)C(=Cc1ccccc1)C1C=Cc2ccccc21.O=C(C=Cc1ccccc1)C(=Cc1ccccc1)C1C=Cc2ccccc21.[Pd].[Pd]. The minimum atomic E-state index is -0.0191. The van der Waals surface area contributed by atoms with E-state index in [-0.39, 0.29) is 75.9 Å². The maximum atomic E-state index is 13.1. The van der Waals surface area contributed by atoms with Crippen LogP contribution in [0.3, 0.4) is 0 Å². The molecule has 0 bridgehead atoms. The molecule has 0 heterocycles. The number of hydrogen-bond acceptors (Lipinski definition) is 3. The standard InChI is InChI=1S/3C26H20O.2Pd/c3*27-26(18-15-20-9-3-1-4-10-20)25(19-21-11-5-2-6-12-21)24-17-16-22-13-7-8-14-23(22)24;;/h3*1-19,24H;;. The normalized spacial score (nSPS) is 15.5. The summed E-state index contributed by atoms with van der Waals surface area (Å²) in [6.07, 6.45) is 29.4. The molecular formula is C78H60O3Pd2. The molecule has 12 rings (SSSR count). The topological polar surface area (TPSA) is 51.2 Å². The van der Waals surface area contributed by atoms with Gasteiger partial charge in [0, 0.05) is 75.3 Å². The van der Waals surface area contributed by atoms with E-state index in [0.29, 0.717) is 0 Å². The molecule has 0 spiro atoms. The third kappa shape index (κ3) is 16.3. The summed E-state index contributed by atoms with van der Waals surface area (Å²) >= 11 is 0. The van der Waals surface area contributed by atoms with Gasteiger partial charge >= 0.3 is 0 Å². The van der Waals surface area contributed by atoms with Gasteiger partial charge in [-0.05, 0) is 103 Å². The summed E-state index contributed by atoms with van der Waals surface area (Å²) < 4.78 is 0. The summed E-state index contributed by atoms with van der Waals surface area (Å²) in [7, 11) is 0. The Morgan fingerprint density at radius 2 is 0.458 bits per heavy atom. The molecule has 0 aliphatic heterocycles. The van der Waals surface area contributed by atoms with Crippen molar-refractivity contribution in [3.63, 3.8) is 0 Å². The van der Waals surface area contributed by atoms with E-state index in [9.17, 15) is 14.4 Å². The molecular weight excluding hydrogens is 1200 g/mol. The molecule has 5 heteroatoms. The van der Waals surface area contributed by atoms with Crippen molar-refractivity contribution < 1.29 is 55.2 Å². The average Bonchev–Trinajstić information content (AvgIpc) is 4.51. The summed E-state index contributed by atoms with van der Waals surface area (Å²) in [5.41, 5.74) is 15.6. The van der Waals surface area contributed by atoms with Gasteiger partial charge in [-0.25, -0.2) is 0 Å². The van der Waals surface area contributed by atoms with Crippen LogP contribution in [0.4, 0.5) is 0 Å². The molecule has 3 atom stereocenters. The molecule has 3 aliphatic rings. The number of allylic oxidation sites excluding steroid dienone is 9. The molecule has 410 valence electrons. The van der Waals surface area contributed by atoms with Crippen molar-refractivity contribution in [1.82, 2.24) is 0 Å². The Morgan fingerprint density at radius 3 is 0.699 bits per heavy atom. The average molecular weight is 1260 g/mol. The van der Waals surface area contributed by atoms with Crippen LogP contribution in [0.25, 0.3) is 54.7 Å². The van der Waals surface area contributed by atoms with E-state index < -0.39 is 0 Å². The quantitative estimate of drug-likeness (QED) is 0.0759. The Labute approximate surface area is 515 Å². The van der Waals surface area contributed by atoms with Crippen molar-refractivity contribution in [2.45, 2.75) is 17.8 Å². The molecule has 0 fully saturated rings. The number of rotatable bonds is 15. The number of hydrogen-bond donors (Lipinski definition) is 0. The van der Waals surface area contributed by atoms with Gasteiger partial charge in [-0.15, -0.1) is 0 Å². The number of ketones is 3. The number of carbonyl (C=O) groups excluding carboxylic acids is 3. The van der Waals surface area contributed by atoms with Crippen molar-refractivity contribution in [2.24, 2.45) is 0 Å². The first-order valence-corrected chi connectivity index (χ1v) is 27.4. The van der Waals surface area contributed by atoms with E-state index in [1.165, 1.54) is 33.4 Å². The summed E-state index contributed by atoms with van der Waals surface area (Å²) in [4.78, 5) is 39.4. The summed E-state index contributed by atoms with van der Waals surface area (Å²) in [5, 5.41) is 0. The molecule has 9 aromatic carbocycles. The Hall–Kier alpha value is -9.03. The van der Waals surface area contributed by atoms with Crippen LogP contribution in [-0.4, -0.2) is 17.3 Å². The third-order valence-corrected chi connectivity index (χ3v) is 14.3. The van der Waals surface area contributed by atoms with E-state index in [0.717, 1.165) is 50.1 Å². The maximum Gasteiger partial charge on any atom is 0.182 e. The fraction of sp³-hybridized carbons (Fsp3) is 0.0385. The Bertz CT molecular complexity index is 3500. The monoisotopic (exact) mass is 1260 g/mol. The van der Waals surface area contributed by atoms with Crippen LogP contribution in [0.5, 0.6) is 0 Å². The van der Waals surface area contributed by atoms with Gasteiger partial charge in [0.25, 0.3) is 0 Å². The first-order valence-electron chi connectivity index (χ1n) is 27.4. The number of benzene rings is 9. The Morgan fingerprint density at radius 1 is 0.253 bits per heavy atom. The van der Waals surface area contributed by atoms with Crippen molar-refractivity contribution in [2.75, 3.05) is 0 Å². The van der Waals surface area contributed by atoms with Gasteiger partial charge in [0.1, 0.15) is 0 Å². The van der Waals surface area contributed by atoms with Gasteiger partial charge in [0.2, 0.25) is 0 Å². The third-order valence-electron chi connectivity index (χ3n) is 14.3. The minimum absolute atomic E-state index is 0. The van der Waals surface area contributed by atoms with E-state index >= 15 is 0 Å². The molecule has 0 saturated carbocycles. The van der Waals surface area contributed by atoms with Crippen LogP contribution in [0.1, 0.15) is 84.5 Å². The molecule has 3 unspecified atom stereocenters. The molecule has 0 aromatic heterocycles. The van der Waals surface area contributed by atoms with E-state index in [4.69, 9.17) is 0 Å². The van der Waals surface area contributed by atoms with Crippen LogP contribution in [0.2, 0.25) is 0 Å². The molecule has 3 aliphatic carbocycles. The van der Waals surface area contributed by atoms with E-state index in [2.05, 4.69) is 72.9 Å². The zero-order chi connectivity index (χ0) is 55.4.